The topological polar surface area (TPSA) is 89.6 Å². The van der Waals surface area contributed by atoms with Crippen molar-refractivity contribution in [1.29, 1.82) is 0 Å². The Kier molecular flexibility index (Phi) is 3.03. The summed E-state index contributed by atoms with van der Waals surface area (Å²) >= 11 is 0. The van der Waals surface area contributed by atoms with Crippen LogP contribution in [0.25, 0.3) is 0 Å². The van der Waals surface area contributed by atoms with Gasteiger partial charge in [0.25, 0.3) is 0 Å². The van der Waals surface area contributed by atoms with Crippen LogP contribution in [0.3, 0.4) is 0 Å². The molecule has 0 aromatic rings. The van der Waals surface area contributed by atoms with Gasteiger partial charge in [-0.3, -0.25) is 0 Å². The number of aliphatic hydroxyl groups is 1. The molecule has 5 nitrogen and oxygen atoms in total. The summed E-state index contributed by atoms with van der Waals surface area (Å²) in [6, 6.07) is 0. The van der Waals surface area contributed by atoms with E-state index in [1.807, 2.05) is 0 Å². The Balaban J connectivity index is 2.27. The Hall–Kier alpha value is -0.170. The molecule has 94 valence electrons. The highest BCUT2D eigenvalue weighted by molar-refractivity contribution is 7.91. The Bertz CT molecular complexity index is 361. The molecule has 0 aromatic carbocycles. The maximum Gasteiger partial charge on any atom is 0.153 e. The van der Waals surface area contributed by atoms with Gasteiger partial charge in [-0.15, -0.1) is 0 Å². The number of ether oxygens (including phenoxy) is 1. The van der Waals surface area contributed by atoms with E-state index in [1.54, 1.807) is 0 Å². The van der Waals surface area contributed by atoms with Crippen molar-refractivity contribution in [2.45, 2.75) is 24.9 Å². The summed E-state index contributed by atoms with van der Waals surface area (Å²) in [6.07, 6.45) is 1.87. The normalized spacial score (nSPS) is 43.4. The number of nitrogens with two attached hydrogens (primary N) is 1. The lowest BCUT2D eigenvalue weighted by molar-refractivity contribution is -0.129. The van der Waals surface area contributed by atoms with Crippen molar-refractivity contribution >= 4 is 9.84 Å². The molecule has 3 N–H and O–H groups in total. The number of rotatable bonds is 2. The Labute approximate surface area is 95.9 Å². The molecule has 0 aromatic heterocycles. The predicted molar refractivity (Wildman–Crippen MR) is 59.8 cm³/mol. The van der Waals surface area contributed by atoms with E-state index in [1.165, 1.54) is 0 Å². The molecule has 0 bridgehead atoms. The van der Waals surface area contributed by atoms with Crippen LogP contribution in [0.5, 0.6) is 0 Å². The first-order valence-corrected chi connectivity index (χ1v) is 7.46. The van der Waals surface area contributed by atoms with Crippen LogP contribution in [-0.4, -0.2) is 50.4 Å². The van der Waals surface area contributed by atoms with Crippen LogP contribution in [-0.2, 0) is 14.6 Å². The molecule has 0 spiro atoms. The molecule has 2 fully saturated rings. The van der Waals surface area contributed by atoms with Gasteiger partial charge in [0.15, 0.2) is 9.84 Å². The highest BCUT2D eigenvalue weighted by Gasteiger charge is 2.55. The van der Waals surface area contributed by atoms with Crippen molar-refractivity contribution in [1.82, 2.24) is 0 Å². The number of hydrogen-bond acceptors (Lipinski definition) is 5. The monoisotopic (exact) mass is 249 g/mol. The van der Waals surface area contributed by atoms with Crippen molar-refractivity contribution in [2.24, 2.45) is 11.1 Å². The van der Waals surface area contributed by atoms with E-state index in [2.05, 4.69) is 0 Å². The second kappa shape index (κ2) is 3.94. The van der Waals surface area contributed by atoms with E-state index in [0.29, 0.717) is 13.2 Å². The fourth-order valence-corrected chi connectivity index (χ4v) is 4.79. The summed E-state index contributed by atoms with van der Waals surface area (Å²) in [6.45, 7) is 1.32. The summed E-state index contributed by atoms with van der Waals surface area (Å²) in [5.41, 5.74) is 3.99. The highest BCUT2D eigenvalue weighted by Crippen LogP contribution is 2.44. The van der Waals surface area contributed by atoms with Gasteiger partial charge < -0.3 is 15.6 Å². The number of sulfone groups is 1. The Morgan fingerprint density at radius 3 is 2.56 bits per heavy atom. The maximum atomic E-state index is 11.5. The first-order chi connectivity index (χ1) is 7.43. The standard InChI is InChI=1S/C10H19NO4S/c11-6-9(2-1-4-15-7-9)10(12)3-5-16(13,14)8-10/h12H,1-8,11H2. The van der Waals surface area contributed by atoms with Gasteiger partial charge >= 0.3 is 0 Å². The summed E-state index contributed by atoms with van der Waals surface area (Å²) in [7, 11) is -3.11. The highest BCUT2D eigenvalue weighted by atomic mass is 32.2. The molecule has 0 saturated carbocycles. The molecule has 2 saturated heterocycles. The van der Waals surface area contributed by atoms with Gasteiger partial charge in [0.2, 0.25) is 0 Å². The van der Waals surface area contributed by atoms with Crippen LogP contribution in [0, 0.1) is 5.41 Å². The van der Waals surface area contributed by atoms with Crippen LogP contribution >= 0.6 is 0 Å². The second-order valence-corrected chi connectivity index (χ2v) is 7.20. The molecule has 2 rings (SSSR count). The molecule has 2 atom stereocenters. The quantitative estimate of drug-likeness (QED) is 0.675. The molecule has 2 aliphatic heterocycles. The third-order valence-electron chi connectivity index (χ3n) is 3.99. The van der Waals surface area contributed by atoms with Crippen LogP contribution in [0.4, 0.5) is 0 Å². The Morgan fingerprint density at radius 2 is 2.12 bits per heavy atom. The fraction of sp³-hybridized carbons (Fsp3) is 1.00. The third kappa shape index (κ3) is 1.88. The van der Waals surface area contributed by atoms with Crippen LogP contribution in [0.2, 0.25) is 0 Å². The fourth-order valence-electron chi connectivity index (χ4n) is 2.82. The predicted octanol–water partition coefficient (Wildman–Crippen LogP) is -0.708. The molecular formula is C10H19NO4S. The van der Waals surface area contributed by atoms with Crippen molar-refractivity contribution < 1.29 is 18.3 Å². The molecule has 0 aliphatic carbocycles. The molecule has 2 aliphatic rings. The van der Waals surface area contributed by atoms with Gasteiger partial charge in [-0.25, -0.2) is 8.42 Å². The van der Waals surface area contributed by atoms with Crippen molar-refractivity contribution in [3.63, 3.8) is 0 Å². The second-order valence-electron chi connectivity index (χ2n) is 5.01. The lowest BCUT2D eigenvalue weighted by Gasteiger charge is -2.46. The van der Waals surface area contributed by atoms with Gasteiger partial charge in [-0.2, -0.15) is 0 Å². The van der Waals surface area contributed by atoms with E-state index >= 15 is 0 Å². The maximum absolute atomic E-state index is 11.5. The van der Waals surface area contributed by atoms with E-state index < -0.39 is 20.9 Å². The number of hydrogen-bond donors (Lipinski definition) is 2. The minimum atomic E-state index is -3.11. The minimum Gasteiger partial charge on any atom is -0.388 e. The molecule has 6 heteroatoms. The van der Waals surface area contributed by atoms with E-state index in [-0.39, 0.29) is 24.5 Å². The smallest absolute Gasteiger partial charge is 0.153 e. The van der Waals surface area contributed by atoms with E-state index in [9.17, 15) is 13.5 Å². The van der Waals surface area contributed by atoms with Crippen LogP contribution < -0.4 is 5.73 Å². The van der Waals surface area contributed by atoms with E-state index in [4.69, 9.17) is 10.5 Å². The average Bonchev–Trinajstić information content (AvgIpc) is 2.55. The molecule has 0 radical (unpaired) electrons. The summed E-state index contributed by atoms with van der Waals surface area (Å²) in [5, 5.41) is 10.6. The molecular weight excluding hydrogens is 230 g/mol. The first kappa shape index (κ1) is 12.3. The molecule has 2 heterocycles. The van der Waals surface area contributed by atoms with Gasteiger partial charge in [-0.05, 0) is 19.3 Å². The summed E-state index contributed by atoms with van der Waals surface area (Å²) in [5.74, 6) is -0.105. The lowest BCUT2D eigenvalue weighted by Crippen LogP contribution is -2.57. The van der Waals surface area contributed by atoms with Gasteiger partial charge in [-0.1, -0.05) is 0 Å². The van der Waals surface area contributed by atoms with Gasteiger partial charge in [0.1, 0.15) is 0 Å². The molecule has 2 unspecified atom stereocenters. The lowest BCUT2D eigenvalue weighted by atomic mass is 9.68. The van der Waals surface area contributed by atoms with Crippen molar-refractivity contribution in [3.05, 3.63) is 0 Å². The molecule has 0 amide bonds. The summed E-state index contributed by atoms with van der Waals surface area (Å²) < 4.78 is 28.4. The zero-order valence-electron chi connectivity index (χ0n) is 9.31. The minimum absolute atomic E-state index is 0.0608. The van der Waals surface area contributed by atoms with E-state index in [0.717, 1.165) is 12.8 Å². The largest absolute Gasteiger partial charge is 0.388 e. The van der Waals surface area contributed by atoms with Crippen molar-refractivity contribution in [2.75, 3.05) is 31.3 Å². The zero-order chi connectivity index (χ0) is 11.9. The Morgan fingerprint density at radius 1 is 1.38 bits per heavy atom. The average molecular weight is 249 g/mol. The van der Waals surface area contributed by atoms with Gasteiger partial charge in [0, 0.05) is 18.6 Å². The SMILES string of the molecule is NCC1(C2(O)CCS(=O)(=O)C2)CCCOC1. The van der Waals surface area contributed by atoms with Crippen LogP contribution in [0.1, 0.15) is 19.3 Å². The zero-order valence-corrected chi connectivity index (χ0v) is 10.1. The third-order valence-corrected chi connectivity index (χ3v) is 5.73. The summed E-state index contributed by atoms with van der Waals surface area (Å²) in [4.78, 5) is 0. The van der Waals surface area contributed by atoms with Crippen molar-refractivity contribution in [3.8, 4) is 0 Å². The molecule has 16 heavy (non-hydrogen) atoms. The first-order valence-electron chi connectivity index (χ1n) is 5.64. The van der Waals surface area contributed by atoms with Crippen LogP contribution in [0.15, 0.2) is 0 Å². The van der Waals surface area contributed by atoms with Gasteiger partial charge in [0.05, 0.1) is 23.7 Å².